The number of H-pyrrole nitrogens is 1. The van der Waals surface area contributed by atoms with Gasteiger partial charge in [-0.25, -0.2) is 23.9 Å². The summed E-state index contributed by atoms with van der Waals surface area (Å²) < 4.78 is 15.1. The van der Waals surface area contributed by atoms with E-state index < -0.39 is 11.0 Å². The van der Waals surface area contributed by atoms with Crippen LogP contribution in [0.3, 0.4) is 0 Å². The predicted octanol–water partition coefficient (Wildman–Crippen LogP) is 1.94. The molecule has 4 N–H and O–H groups in total. The van der Waals surface area contributed by atoms with Crippen molar-refractivity contribution in [3.8, 4) is 0 Å². The molecule has 1 saturated heterocycles. The summed E-state index contributed by atoms with van der Waals surface area (Å²) in [5.74, 6) is 1.19. The molecule has 0 saturated carbocycles. The van der Waals surface area contributed by atoms with Gasteiger partial charge in [0.25, 0.3) is 0 Å². The SMILES string of the molecule is CNS(=O)c1ccc(N2CCC(CCO)CC2)c(Nc2ncnc3nc[nH]c23)c1. The first-order chi connectivity index (χ1) is 14.2. The smallest absolute Gasteiger partial charge is 0.182 e. The lowest BCUT2D eigenvalue weighted by Gasteiger charge is -2.34. The second-order valence-electron chi connectivity index (χ2n) is 7.04. The van der Waals surface area contributed by atoms with Crippen LogP contribution in [0.2, 0.25) is 0 Å². The van der Waals surface area contributed by atoms with E-state index in [9.17, 15) is 9.32 Å². The van der Waals surface area contributed by atoms with E-state index in [1.165, 1.54) is 6.33 Å². The van der Waals surface area contributed by atoms with Gasteiger partial charge in [-0.2, -0.15) is 0 Å². The highest BCUT2D eigenvalue weighted by Gasteiger charge is 2.22. The van der Waals surface area contributed by atoms with Crippen molar-refractivity contribution in [3.05, 3.63) is 30.9 Å². The number of aliphatic hydroxyl groups is 1. The van der Waals surface area contributed by atoms with E-state index in [2.05, 4.69) is 34.9 Å². The number of aromatic nitrogens is 4. The van der Waals surface area contributed by atoms with Crippen LogP contribution < -0.4 is 14.9 Å². The van der Waals surface area contributed by atoms with Crippen LogP contribution in [0.1, 0.15) is 19.3 Å². The monoisotopic (exact) mass is 415 g/mol. The fourth-order valence-corrected chi connectivity index (χ4v) is 4.41. The van der Waals surface area contributed by atoms with Gasteiger partial charge in [0.15, 0.2) is 11.5 Å². The summed E-state index contributed by atoms with van der Waals surface area (Å²) in [7, 11) is 0.379. The molecule has 1 fully saturated rings. The summed E-state index contributed by atoms with van der Waals surface area (Å²) in [6.07, 6.45) is 6.01. The maximum Gasteiger partial charge on any atom is 0.182 e. The molecular weight excluding hydrogens is 390 g/mol. The molecule has 3 aromatic rings. The molecule has 0 amide bonds. The summed E-state index contributed by atoms with van der Waals surface area (Å²) >= 11 is 0. The van der Waals surface area contributed by atoms with Crippen LogP contribution in [-0.2, 0) is 11.0 Å². The Morgan fingerprint density at radius 2 is 2.10 bits per heavy atom. The molecule has 1 atom stereocenters. The zero-order valence-electron chi connectivity index (χ0n) is 16.3. The lowest BCUT2D eigenvalue weighted by atomic mass is 9.93. The molecule has 1 aliphatic rings. The predicted molar refractivity (Wildman–Crippen MR) is 114 cm³/mol. The Kier molecular flexibility index (Phi) is 6.02. The molecule has 1 unspecified atom stereocenters. The molecule has 1 aliphatic heterocycles. The second-order valence-corrected chi connectivity index (χ2v) is 8.46. The highest BCUT2D eigenvalue weighted by Crippen LogP contribution is 2.34. The van der Waals surface area contributed by atoms with Gasteiger partial charge in [0.05, 0.1) is 22.6 Å². The summed E-state index contributed by atoms with van der Waals surface area (Å²) in [6.45, 7) is 2.07. The van der Waals surface area contributed by atoms with Gasteiger partial charge < -0.3 is 20.3 Å². The number of aromatic amines is 1. The van der Waals surface area contributed by atoms with Gasteiger partial charge >= 0.3 is 0 Å². The molecule has 0 bridgehead atoms. The first-order valence-electron chi connectivity index (χ1n) is 9.69. The molecule has 1 aromatic carbocycles. The third-order valence-electron chi connectivity index (χ3n) is 5.34. The molecule has 2 aromatic heterocycles. The topological polar surface area (TPSA) is 119 Å². The van der Waals surface area contributed by atoms with Crippen LogP contribution in [0.25, 0.3) is 11.2 Å². The number of rotatable bonds is 7. The Bertz CT molecular complexity index is 1000. The molecule has 0 spiro atoms. The molecular formula is C19H25N7O2S. The number of benzene rings is 1. The van der Waals surface area contributed by atoms with E-state index in [1.807, 2.05) is 18.2 Å². The minimum absolute atomic E-state index is 0.246. The number of aliphatic hydroxyl groups excluding tert-OH is 1. The second kappa shape index (κ2) is 8.85. The van der Waals surface area contributed by atoms with E-state index in [0.717, 1.165) is 49.2 Å². The van der Waals surface area contributed by atoms with Gasteiger partial charge in [-0.05, 0) is 50.4 Å². The van der Waals surface area contributed by atoms with Crippen molar-refractivity contribution in [1.29, 1.82) is 0 Å². The zero-order valence-corrected chi connectivity index (χ0v) is 17.1. The average molecular weight is 416 g/mol. The van der Waals surface area contributed by atoms with Crippen LogP contribution in [0.4, 0.5) is 17.2 Å². The molecule has 0 aliphatic carbocycles. The van der Waals surface area contributed by atoms with E-state index in [1.54, 1.807) is 13.4 Å². The summed E-state index contributed by atoms with van der Waals surface area (Å²) in [4.78, 5) is 18.8. The number of fused-ring (bicyclic) bond motifs is 1. The lowest BCUT2D eigenvalue weighted by molar-refractivity contribution is 0.240. The number of nitrogens with one attached hydrogen (secondary N) is 3. The maximum atomic E-state index is 12.3. The summed E-state index contributed by atoms with van der Waals surface area (Å²) in [5.41, 5.74) is 3.18. The van der Waals surface area contributed by atoms with Gasteiger partial charge in [-0.1, -0.05) is 0 Å². The molecule has 3 heterocycles. The third-order valence-corrected chi connectivity index (χ3v) is 6.39. The van der Waals surface area contributed by atoms with Gasteiger partial charge in [0.1, 0.15) is 22.8 Å². The number of imidazole rings is 1. The first-order valence-corrected chi connectivity index (χ1v) is 10.8. The minimum Gasteiger partial charge on any atom is -0.396 e. The highest BCUT2D eigenvalue weighted by atomic mass is 32.2. The Labute approximate surface area is 171 Å². The van der Waals surface area contributed by atoms with Crippen molar-refractivity contribution < 1.29 is 9.32 Å². The molecule has 4 rings (SSSR count). The van der Waals surface area contributed by atoms with Crippen LogP contribution in [0, 0.1) is 5.92 Å². The largest absolute Gasteiger partial charge is 0.396 e. The fraction of sp³-hybridized carbons (Fsp3) is 0.421. The van der Waals surface area contributed by atoms with Crippen molar-refractivity contribution in [2.45, 2.75) is 24.2 Å². The number of piperidine rings is 1. The molecule has 0 radical (unpaired) electrons. The number of nitrogens with zero attached hydrogens (tertiary/aromatic N) is 4. The average Bonchev–Trinajstić information content (AvgIpc) is 3.24. The van der Waals surface area contributed by atoms with Crippen molar-refractivity contribution in [1.82, 2.24) is 24.7 Å². The Balaban J connectivity index is 1.66. The zero-order chi connectivity index (χ0) is 20.2. The number of anilines is 3. The number of hydrogen-bond donors (Lipinski definition) is 4. The molecule has 10 heteroatoms. The minimum atomic E-state index is -1.29. The normalized spacial score (nSPS) is 16.3. The van der Waals surface area contributed by atoms with E-state index in [-0.39, 0.29) is 6.61 Å². The van der Waals surface area contributed by atoms with Crippen LogP contribution in [0.15, 0.2) is 35.7 Å². The van der Waals surface area contributed by atoms with Crippen LogP contribution in [0.5, 0.6) is 0 Å². The van der Waals surface area contributed by atoms with E-state index in [0.29, 0.717) is 22.3 Å². The van der Waals surface area contributed by atoms with E-state index >= 15 is 0 Å². The van der Waals surface area contributed by atoms with Gasteiger partial charge in [0, 0.05) is 19.7 Å². The molecule has 154 valence electrons. The van der Waals surface area contributed by atoms with Crippen molar-refractivity contribution >= 4 is 39.3 Å². The maximum absolute atomic E-state index is 12.3. The standard InChI is InChI=1S/C19H25N7O2S/c1-20-29(28)14-2-3-16(26-7-4-13(5-8-26)6-9-27)15(10-14)25-19-17-18(22-11-21-17)23-12-24-19/h2-3,10-13,20,27H,4-9H2,1H3,(H2,21,22,23,24,25). The third kappa shape index (κ3) is 4.24. The fourth-order valence-electron chi connectivity index (χ4n) is 3.76. The first kappa shape index (κ1) is 19.7. The van der Waals surface area contributed by atoms with Crippen molar-refractivity contribution in [3.63, 3.8) is 0 Å². The van der Waals surface area contributed by atoms with E-state index in [4.69, 9.17) is 0 Å². The summed E-state index contributed by atoms with van der Waals surface area (Å²) in [6, 6.07) is 5.79. The highest BCUT2D eigenvalue weighted by molar-refractivity contribution is 7.83. The summed E-state index contributed by atoms with van der Waals surface area (Å²) in [5, 5.41) is 12.6. The molecule has 29 heavy (non-hydrogen) atoms. The van der Waals surface area contributed by atoms with Gasteiger partial charge in [-0.3, -0.25) is 0 Å². The quantitative estimate of drug-likeness (QED) is 0.465. The van der Waals surface area contributed by atoms with Gasteiger partial charge in [-0.15, -0.1) is 0 Å². The van der Waals surface area contributed by atoms with Gasteiger partial charge in [0.2, 0.25) is 0 Å². The van der Waals surface area contributed by atoms with Crippen molar-refractivity contribution in [2.24, 2.45) is 5.92 Å². The Morgan fingerprint density at radius 1 is 1.28 bits per heavy atom. The lowest BCUT2D eigenvalue weighted by Crippen LogP contribution is -2.34. The van der Waals surface area contributed by atoms with Crippen molar-refractivity contribution in [2.75, 3.05) is 37.0 Å². The Hall–Kier alpha value is -2.56. The number of hydrogen-bond acceptors (Lipinski definition) is 7. The molecule has 9 nitrogen and oxygen atoms in total. The van der Waals surface area contributed by atoms with Crippen LogP contribution in [-0.4, -0.2) is 56.0 Å². The Morgan fingerprint density at radius 3 is 2.86 bits per heavy atom. The van der Waals surface area contributed by atoms with Crippen LogP contribution >= 0.6 is 0 Å².